The largest absolute Gasteiger partial charge is 0.384 e. The molecule has 2 nitrogen and oxygen atoms in total. The lowest BCUT2D eigenvalue weighted by molar-refractivity contribution is 0.0349. The van der Waals surface area contributed by atoms with E-state index in [1.165, 1.54) is 0 Å². The van der Waals surface area contributed by atoms with Crippen molar-refractivity contribution in [3.05, 3.63) is 35.9 Å². The highest BCUT2D eigenvalue weighted by Crippen LogP contribution is 2.22. The van der Waals surface area contributed by atoms with Gasteiger partial charge in [0.2, 0.25) is 0 Å². The van der Waals surface area contributed by atoms with Crippen LogP contribution in [0.5, 0.6) is 0 Å². The second-order valence-corrected chi connectivity index (χ2v) is 3.30. The molecule has 13 heavy (non-hydrogen) atoms. The van der Waals surface area contributed by atoms with E-state index in [0.717, 1.165) is 5.56 Å². The van der Waals surface area contributed by atoms with Gasteiger partial charge in [0.15, 0.2) is 0 Å². The van der Waals surface area contributed by atoms with Gasteiger partial charge in [-0.2, -0.15) is 0 Å². The van der Waals surface area contributed by atoms with Crippen molar-refractivity contribution in [2.45, 2.75) is 25.5 Å². The number of rotatable bonds is 2. The molecule has 0 saturated carbocycles. The van der Waals surface area contributed by atoms with E-state index in [0.29, 0.717) is 0 Å². The van der Waals surface area contributed by atoms with Gasteiger partial charge in [0, 0.05) is 6.04 Å². The van der Waals surface area contributed by atoms with Crippen LogP contribution in [0.4, 0.5) is 0 Å². The quantitative estimate of drug-likeness (QED) is 0.765. The predicted molar refractivity (Wildman–Crippen MR) is 56.9 cm³/mol. The van der Waals surface area contributed by atoms with Crippen LogP contribution < -0.4 is 5.73 Å². The summed E-state index contributed by atoms with van der Waals surface area (Å²) in [7, 11) is 0. The molecule has 1 aromatic rings. The summed E-state index contributed by atoms with van der Waals surface area (Å²) in [5, 5.41) is 9.94. The Hall–Kier alpha value is -0.570. The summed E-state index contributed by atoms with van der Waals surface area (Å²) in [6.07, 6.45) is 0. The molecule has 0 aliphatic rings. The lowest BCUT2D eigenvalue weighted by atomic mass is 9.90. The van der Waals surface area contributed by atoms with Gasteiger partial charge in [-0.15, -0.1) is 12.4 Å². The topological polar surface area (TPSA) is 46.2 Å². The Morgan fingerprint density at radius 2 is 1.77 bits per heavy atom. The normalized spacial score (nSPS) is 16.9. The van der Waals surface area contributed by atoms with Gasteiger partial charge in [0.25, 0.3) is 0 Å². The number of hydrogen-bond donors (Lipinski definition) is 2. The molecule has 3 heteroatoms. The highest BCUT2D eigenvalue weighted by atomic mass is 35.5. The third kappa shape index (κ3) is 2.69. The second kappa shape index (κ2) is 4.61. The summed E-state index contributed by atoms with van der Waals surface area (Å²) in [6, 6.07) is 9.20. The molecule has 0 heterocycles. The van der Waals surface area contributed by atoms with Crippen molar-refractivity contribution in [2.75, 3.05) is 0 Å². The molecule has 0 bridgehead atoms. The number of hydrogen-bond acceptors (Lipinski definition) is 2. The Morgan fingerprint density at radius 3 is 2.15 bits per heavy atom. The Balaban J connectivity index is 0.00000144. The molecule has 1 aromatic carbocycles. The van der Waals surface area contributed by atoms with Gasteiger partial charge in [-0.05, 0) is 19.4 Å². The first kappa shape index (κ1) is 12.4. The summed E-state index contributed by atoms with van der Waals surface area (Å²) >= 11 is 0. The number of aliphatic hydroxyl groups is 1. The van der Waals surface area contributed by atoms with Gasteiger partial charge in [0.05, 0.1) is 0 Å². The molecule has 0 unspecified atom stereocenters. The van der Waals surface area contributed by atoms with Crippen molar-refractivity contribution in [3.63, 3.8) is 0 Å². The van der Waals surface area contributed by atoms with Crippen molar-refractivity contribution in [1.82, 2.24) is 0 Å². The van der Waals surface area contributed by atoms with E-state index >= 15 is 0 Å². The van der Waals surface area contributed by atoms with Crippen LogP contribution in [0.3, 0.4) is 0 Å². The van der Waals surface area contributed by atoms with E-state index in [4.69, 9.17) is 5.73 Å². The smallest absolute Gasteiger partial charge is 0.102 e. The van der Waals surface area contributed by atoms with Gasteiger partial charge in [-0.3, -0.25) is 0 Å². The first-order valence-corrected chi connectivity index (χ1v) is 4.08. The van der Waals surface area contributed by atoms with Crippen molar-refractivity contribution in [2.24, 2.45) is 5.73 Å². The number of benzene rings is 1. The van der Waals surface area contributed by atoms with E-state index < -0.39 is 5.60 Å². The van der Waals surface area contributed by atoms with E-state index in [1.54, 1.807) is 13.8 Å². The Labute approximate surface area is 85.2 Å². The maximum atomic E-state index is 9.94. The molecule has 0 aliphatic carbocycles. The molecule has 0 aromatic heterocycles. The van der Waals surface area contributed by atoms with Crippen molar-refractivity contribution >= 4 is 12.4 Å². The zero-order valence-electron chi connectivity index (χ0n) is 7.90. The van der Waals surface area contributed by atoms with E-state index in [2.05, 4.69) is 0 Å². The zero-order valence-corrected chi connectivity index (χ0v) is 8.71. The highest BCUT2D eigenvalue weighted by Gasteiger charge is 2.26. The average molecular weight is 202 g/mol. The summed E-state index contributed by atoms with van der Waals surface area (Å²) < 4.78 is 0. The molecule has 2 atom stereocenters. The first-order chi connectivity index (χ1) is 5.55. The Morgan fingerprint density at radius 1 is 1.31 bits per heavy atom. The molecule has 0 radical (unpaired) electrons. The van der Waals surface area contributed by atoms with Crippen LogP contribution in [-0.4, -0.2) is 11.1 Å². The SMILES string of the molecule is C[C@@H](N)[C@@](C)(O)c1ccccc1.Cl. The molecule has 0 spiro atoms. The fourth-order valence-electron chi connectivity index (χ4n) is 1.04. The molecule has 0 amide bonds. The minimum absolute atomic E-state index is 0. The van der Waals surface area contributed by atoms with E-state index in [-0.39, 0.29) is 18.4 Å². The van der Waals surface area contributed by atoms with Gasteiger partial charge in [-0.25, -0.2) is 0 Å². The lowest BCUT2D eigenvalue weighted by Crippen LogP contribution is -2.40. The first-order valence-electron chi connectivity index (χ1n) is 4.08. The second-order valence-electron chi connectivity index (χ2n) is 3.30. The van der Waals surface area contributed by atoms with Gasteiger partial charge < -0.3 is 10.8 Å². The molecular formula is C10H16ClNO. The molecule has 74 valence electrons. The molecular weight excluding hydrogens is 186 g/mol. The van der Waals surface area contributed by atoms with Crippen LogP contribution in [0.25, 0.3) is 0 Å². The standard InChI is InChI=1S/C10H15NO.ClH/c1-8(11)10(2,12)9-6-4-3-5-7-9;/h3-8,12H,11H2,1-2H3;1H/t8-,10-;/m1./s1. The summed E-state index contributed by atoms with van der Waals surface area (Å²) in [5.74, 6) is 0. The van der Waals surface area contributed by atoms with Gasteiger partial charge in [-0.1, -0.05) is 30.3 Å². The van der Waals surface area contributed by atoms with E-state index in [9.17, 15) is 5.11 Å². The van der Waals surface area contributed by atoms with Crippen LogP contribution in [0, 0.1) is 0 Å². The average Bonchev–Trinajstić information content (AvgIpc) is 2.06. The van der Waals surface area contributed by atoms with Crippen molar-refractivity contribution in [3.8, 4) is 0 Å². The van der Waals surface area contributed by atoms with E-state index in [1.807, 2.05) is 30.3 Å². The van der Waals surface area contributed by atoms with Gasteiger partial charge in [0.1, 0.15) is 5.60 Å². The number of nitrogens with two attached hydrogens (primary N) is 1. The minimum atomic E-state index is -0.929. The lowest BCUT2D eigenvalue weighted by Gasteiger charge is -2.27. The Bertz CT molecular complexity index is 246. The molecule has 0 aliphatic heterocycles. The van der Waals surface area contributed by atoms with Crippen LogP contribution >= 0.6 is 12.4 Å². The molecule has 0 fully saturated rings. The fraction of sp³-hybridized carbons (Fsp3) is 0.400. The zero-order chi connectivity index (χ0) is 9.19. The molecule has 0 saturated heterocycles. The van der Waals surface area contributed by atoms with Crippen LogP contribution in [0.15, 0.2) is 30.3 Å². The third-order valence-corrected chi connectivity index (χ3v) is 2.24. The predicted octanol–water partition coefficient (Wildman–Crippen LogP) is 1.66. The van der Waals surface area contributed by atoms with Crippen molar-refractivity contribution in [1.29, 1.82) is 0 Å². The monoisotopic (exact) mass is 201 g/mol. The van der Waals surface area contributed by atoms with Gasteiger partial charge >= 0.3 is 0 Å². The molecule has 3 N–H and O–H groups in total. The fourth-order valence-corrected chi connectivity index (χ4v) is 1.04. The van der Waals surface area contributed by atoms with Crippen LogP contribution in [-0.2, 0) is 5.60 Å². The highest BCUT2D eigenvalue weighted by molar-refractivity contribution is 5.85. The third-order valence-electron chi connectivity index (χ3n) is 2.24. The summed E-state index contributed by atoms with van der Waals surface area (Å²) in [4.78, 5) is 0. The number of halogens is 1. The maximum absolute atomic E-state index is 9.94. The van der Waals surface area contributed by atoms with Crippen molar-refractivity contribution < 1.29 is 5.11 Å². The Kier molecular flexibility index (Phi) is 4.40. The van der Waals surface area contributed by atoms with Crippen LogP contribution in [0.2, 0.25) is 0 Å². The minimum Gasteiger partial charge on any atom is -0.384 e. The summed E-state index contributed by atoms with van der Waals surface area (Å²) in [6.45, 7) is 3.53. The summed E-state index contributed by atoms with van der Waals surface area (Å²) in [5.41, 5.74) is 5.58. The van der Waals surface area contributed by atoms with Crippen LogP contribution in [0.1, 0.15) is 19.4 Å². The maximum Gasteiger partial charge on any atom is 0.102 e. The molecule has 1 rings (SSSR count).